The minimum Gasteiger partial charge on any atom is -0.383 e. The van der Waals surface area contributed by atoms with Crippen LogP contribution in [0, 0.1) is 11.7 Å². The summed E-state index contributed by atoms with van der Waals surface area (Å²) in [7, 11) is 0. The van der Waals surface area contributed by atoms with Crippen molar-refractivity contribution in [3.05, 3.63) is 24.0 Å². The summed E-state index contributed by atoms with van der Waals surface area (Å²) in [6, 6.07) is 4.31. The van der Waals surface area contributed by atoms with Crippen molar-refractivity contribution in [1.29, 1.82) is 0 Å². The number of hydrogen-bond donors (Lipinski definition) is 2. The molecule has 1 aliphatic rings. The predicted molar refractivity (Wildman–Crippen MR) is 52.7 cm³/mol. The van der Waals surface area contributed by atoms with Gasteiger partial charge in [-0.15, -0.1) is 0 Å². The van der Waals surface area contributed by atoms with Crippen molar-refractivity contribution in [2.45, 2.75) is 6.92 Å². The van der Waals surface area contributed by atoms with Gasteiger partial charge in [0.2, 0.25) is 5.91 Å². The molecule has 0 aromatic heterocycles. The van der Waals surface area contributed by atoms with Crippen molar-refractivity contribution >= 4 is 17.3 Å². The van der Waals surface area contributed by atoms with Gasteiger partial charge in [0, 0.05) is 6.54 Å². The molecule has 1 amide bonds. The first-order valence-corrected chi connectivity index (χ1v) is 4.51. The molecule has 74 valence electrons. The van der Waals surface area contributed by atoms with Crippen LogP contribution in [0.1, 0.15) is 6.92 Å². The van der Waals surface area contributed by atoms with Gasteiger partial charge < -0.3 is 10.6 Å². The number of carbonyl (C=O) groups is 1. The van der Waals surface area contributed by atoms with E-state index >= 15 is 0 Å². The largest absolute Gasteiger partial charge is 0.383 e. The molecule has 1 aliphatic heterocycles. The zero-order chi connectivity index (χ0) is 10.1. The molecule has 0 bridgehead atoms. The molecule has 1 unspecified atom stereocenters. The lowest BCUT2D eigenvalue weighted by Crippen LogP contribution is -2.22. The highest BCUT2D eigenvalue weighted by Gasteiger charge is 2.19. The number of anilines is 2. The van der Waals surface area contributed by atoms with Gasteiger partial charge in [0.25, 0.3) is 0 Å². The van der Waals surface area contributed by atoms with E-state index in [-0.39, 0.29) is 17.6 Å². The third-order valence-corrected chi connectivity index (χ3v) is 2.29. The summed E-state index contributed by atoms with van der Waals surface area (Å²) in [6.45, 7) is 2.40. The molecule has 0 saturated heterocycles. The van der Waals surface area contributed by atoms with E-state index in [4.69, 9.17) is 0 Å². The van der Waals surface area contributed by atoms with E-state index in [1.807, 2.05) is 6.92 Å². The van der Waals surface area contributed by atoms with Crippen LogP contribution in [0.4, 0.5) is 15.8 Å². The minimum atomic E-state index is -0.347. The highest BCUT2D eigenvalue weighted by molar-refractivity contribution is 5.97. The fourth-order valence-corrected chi connectivity index (χ4v) is 1.39. The van der Waals surface area contributed by atoms with Gasteiger partial charge in [-0.25, -0.2) is 4.39 Å². The molecular formula is C10H11FN2O. The summed E-state index contributed by atoms with van der Waals surface area (Å²) in [5.41, 5.74) is 1.28. The van der Waals surface area contributed by atoms with Crippen molar-refractivity contribution < 1.29 is 9.18 Å². The Bertz CT molecular complexity index is 378. The number of amides is 1. The Morgan fingerprint density at radius 3 is 3.00 bits per heavy atom. The molecule has 1 atom stereocenters. The molecule has 1 aromatic carbocycles. The van der Waals surface area contributed by atoms with E-state index in [0.717, 1.165) is 5.69 Å². The van der Waals surface area contributed by atoms with Crippen LogP contribution in [0.25, 0.3) is 0 Å². The van der Waals surface area contributed by atoms with Crippen molar-refractivity contribution in [2.24, 2.45) is 5.92 Å². The molecule has 0 radical (unpaired) electrons. The molecule has 4 heteroatoms. The third kappa shape index (κ3) is 1.55. The van der Waals surface area contributed by atoms with Crippen molar-refractivity contribution in [3.8, 4) is 0 Å². The molecule has 1 aromatic rings. The van der Waals surface area contributed by atoms with Crippen LogP contribution in [0.3, 0.4) is 0 Å². The summed E-state index contributed by atoms with van der Waals surface area (Å²) in [4.78, 5) is 11.4. The van der Waals surface area contributed by atoms with Gasteiger partial charge in [-0.1, -0.05) is 6.92 Å². The average Bonchev–Trinajstić information content (AvgIpc) is 2.27. The Labute approximate surface area is 81.3 Å². The fourth-order valence-electron chi connectivity index (χ4n) is 1.39. The number of carbonyl (C=O) groups excluding carboxylic acids is 1. The number of fused-ring (bicyclic) bond motifs is 1. The highest BCUT2D eigenvalue weighted by Crippen LogP contribution is 2.25. The maximum Gasteiger partial charge on any atom is 0.229 e. The Balaban J connectivity index is 2.38. The topological polar surface area (TPSA) is 41.1 Å². The van der Waals surface area contributed by atoms with E-state index < -0.39 is 0 Å². The van der Waals surface area contributed by atoms with Crippen LogP contribution in [0.15, 0.2) is 18.2 Å². The molecule has 1 heterocycles. The second-order valence-electron chi connectivity index (χ2n) is 3.46. The summed E-state index contributed by atoms with van der Waals surface area (Å²) in [5.74, 6) is -0.535. The molecule has 2 rings (SSSR count). The summed E-state index contributed by atoms with van der Waals surface area (Å²) < 4.78 is 12.9. The standard InChI is InChI=1S/C10H11FN2O/c1-6-5-12-8-3-2-7(11)4-9(8)13-10(6)14/h2-4,6,12H,5H2,1H3,(H,13,14). The number of rotatable bonds is 0. The van der Waals surface area contributed by atoms with Gasteiger partial charge in [-0.05, 0) is 18.2 Å². The number of nitrogens with one attached hydrogen (secondary N) is 2. The Hall–Kier alpha value is -1.58. The molecule has 3 nitrogen and oxygen atoms in total. The summed E-state index contributed by atoms with van der Waals surface area (Å²) in [6.07, 6.45) is 0. The van der Waals surface area contributed by atoms with E-state index in [9.17, 15) is 9.18 Å². The normalized spacial score (nSPS) is 20.4. The van der Waals surface area contributed by atoms with Gasteiger partial charge >= 0.3 is 0 Å². The second kappa shape index (κ2) is 3.29. The van der Waals surface area contributed by atoms with Crippen LogP contribution in [0.5, 0.6) is 0 Å². The molecule has 14 heavy (non-hydrogen) atoms. The lowest BCUT2D eigenvalue weighted by atomic mass is 10.2. The Morgan fingerprint density at radius 1 is 1.43 bits per heavy atom. The van der Waals surface area contributed by atoms with Gasteiger partial charge in [-0.2, -0.15) is 0 Å². The molecule has 0 spiro atoms. The van der Waals surface area contributed by atoms with Gasteiger partial charge in [0.1, 0.15) is 5.82 Å². The Kier molecular flexibility index (Phi) is 2.11. The third-order valence-electron chi connectivity index (χ3n) is 2.29. The lowest BCUT2D eigenvalue weighted by molar-refractivity contribution is -0.118. The van der Waals surface area contributed by atoms with E-state index in [1.165, 1.54) is 12.1 Å². The fraction of sp³-hybridized carbons (Fsp3) is 0.300. The molecule has 2 N–H and O–H groups in total. The first-order valence-electron chi connectivity index (χ1n) is 4.51. The van der Waals surface area contributed by atoms with Crippen LogP contribution in [-0.2, 0) is 4.79 Å². The average molecular weight is 194 g/mol. The predicted octanol–water partition coefficient (Wildman–Crippen LogP) is 1.83. The molecule has 0 fully saturated rings. The maximum absolute atomic E-state index is 12.9. The van der Waals surface area contributed by atoms with E-state index in [2.05, 4.69) is 10.6 Å². The van der Waals surface area contributed by atoms with E-state index in [1.54, 1.807) is 6.07 Å². The van der Waals surface area contributed by atoms with E-state index in [0.29, 0.717) is 12.2 Å². The van der Waals surface area contributed by atoms with Crippen LogP contribution in [0.2, 0.25) is 0 Å². The van der Waals surface area contributed by atoms with Crippen LogP contribution in [-0.4, -0.2) is 12.5 Å². The second-order valence-corrected chi connectivity index (χ2v) is 3.46. The van der Waals surface area contributed by atoms with Crippen molar-refractivity contribution in [2.75, 3.05) is 17.2 Å². The van der Waals surface area contributed by atoms with Crippen LogP contribution >= 0.6 is 0 Å². The minimum absolute atomic E-state index is 0.0816. The monoisotopic (exact) mass is 194 g/mol. The smallest absolute Gasteiger partial charge is 0.229 e. The maximum atomic E-state index is 12.9. The SMILES string of the molecule is CC1CNc2ccc(F)cc2NC1=O. The first kappa shape index (κ1) is 8.99. The summed E-state index contributed by atoms with van der Waals surface area (Å²) >= 11 is 0. The number of benzene rings is 1. The highest BCUT2D eigenvalue weighted by atomic mass is 19.1. The zero-order valence-corrected chi connectivity index (χ0v) is 7.80. The lowest BCUT2D eigenvalue weighted by Gasteiger charge is -2.06. The molecule has 0 saturated carbocycles. The van der Waals surface area contributed by atoms with Crippen LogP contribution < -0.4 is 10.6 Å². The number of hydrogen-bond acceptors (Lipinski definition) is 2. The van der Waals surface area contributed by atoms with Crippen molar-refractivity contribution in [3.63, 3.8) is 0 Å². The summed E-state index contributed by atoms with van der Waals surface area (Å²) in [5, 5.41) is 5.75. The van der Waals surface area contributed by atoms with Gasteiger partial charge in [0.15, 0.2) is 0 Å². The zero-order valence-electron chi connectivity index (χ0n) is 7.80. The van der Waals surface area contributed by atoms with Crippen molar-refractivity contribution in [1.82, 2.24) is 0 Å². The number of halogens is 1. The molecule has 0 aliphatic carbocycles. The first-order chi connectivity index (χ1) is 6.66. The molecular weight excluding hydrogens is 183 g/mol. The Morgan fingerprint density at radius 2 is 2.21 bits per heavy atom. The van der Waals surface area contributed by atoms with Gasteiger partial charge in [-0.3, -0.25) is 4.79 Å². The van der Waals surface area contributed by atoms with Gasteiger partial charge in [0.05, 0.1) is 17.3 Å². The quantitative estimate of drug-likeness (QED) is 0.661.